The summed E-state index contributed by atoms with van der Waals surface area (Å²) in [4.78, 5) is 0. The maximum Gasteiger partial charge on any atom is 0.0773 e. The van der Waals surface area contributed by atoms with E-state index in [1.807, 2.05) is 0 Å². The summed E-state index contributed by atoms with van der Waals surface area (Å²) >= 11 is 0. The van der Waals surface area contributed by atoms with Gasteiger partial charge in [-0.3, -0.25) is 0 Å². The van der Waals surface area contributed by atoms with E-state index < -0.39 is 8.07 Å². The molecule has 0 bridgehead atoms. The predicted molar refractivity (Wildman–Crippen MR) is 65.9 cm³/mol. The molecule has 0 amide bonds. The van der Waals surface area contributed by atoms with Crippen LogP contribution in [0.1, 0.15) is 47.0 Å². The van der Waals surface area contributed by atoms with Crippen molar-refractivity contribution in [1.29, 1.82) is 0 Å². The first kappa shape index (κ1) is 13.0. The first-order valence-electron chi connectivity index (χ1n) is 5.88. The Balaban J connectivity index is 4.37. The SMILES string of the molecule is C/C=C/[Si](CCC)(CCC)CCC. The highest BCUT2D eigenvalue weighted by Crippen LogP contribution is 2.27. The summed E-state index contributed by atoms with van der Waals surface area (Å²) in [6.07, 6.45) is 6.41. The van der Waals surface area contributed by atoms with Crippen molar-refractivity contribution in [2.45, 2.75) is 65.1 Å². The fraction of sp³-hybridized carbons (Fsp3) is 0.833. The van der Waals surface area contributed by atoms with Gasteiger partial charge >= 0.3 is 0 Å². The van der Waals surface area contributed by atoms with Crippen LogP contribution in [0.5, 0.6) is 0 Å². The second kappa shape index (κ2) is 7.37. The Morgan fingerprint density at radius 1 is 0.846 bits per heavy atom. The van der Waals surface area contributed by atoms with Crippen LogP contribution in [0.2, 0.25) is 18.1 Å². The molecule has 78 valence electrons. The lowest BCUT2D eigenvalue weighted by molar-refractivity contribution is 0.936. The molecule has 0 saturated carbocycles. The highest BCUT2D eigenvalue weighted by Gasteiger charge is 2.26. The van der Waals surface area contributed by atoms with E-state index in [0.29, 0.717) is 0 Å². The molecule has 0 aromatic carbocycles. The van der Waals surface area contributed by atoms with Crippen LogP contribution in [0, 0.1) is 0 Å². The average Bonchev–Trinajstić information content (AvgIpc) is 2.06. The van der Waals surface area contributed by atoms with Crippen LogP contribution in [0.3, 0.4) is 0 Å². The third-order valence-corrected chi connectivity index (χ3v) is 8.29. The van der Waals surface area contributed by atoms with Gasteiger partial charge < -0.3 is 0 Å². The van der Waals surface area contributed by atoms with Gasteiger partial charge in [-0.25, -0.2) is 0 Å². The van der Waals surface area contributed by atoms with Gasteiger partial charge in [0.15, 0.2) is 0 Å². The molecule has 0 aliphatic rings. The number of rotatable bonds is 7. The summed E-state index contributed by atoms with van der Waals surface area (Å²) in [5.74, 6) is 0. The second-order valence-corrected chi connectivity index (χ2v) is 8.67. The lowest BCUT2D eigenvalue weighted by Crippen LogP contribution is -2.31. The van der Waals surface area contributed by atoms with Crippen molar-refractivity contribution in [2.24, 2.45) is 0 Å². The average molecular weight is 198 g/mol. The summed E-state index contributed by atoms with van der Waals surface area (Å²) in [6.45, 7) is 9.17. The fourth-order valence-corrected chi connectivity index (χ4v) is 7.42. The summed E-state index contributed by atoms with van der Waals surface area (Å²) in [6, 6.07) is 4.50. The van der Waals surface area contributed by atoms with Gasteiger partial charge in [-0.2, -0.15) is 0 Å². The van der Waals surface area contributed by atoms with Crippen molar-refractivity contribution in [2.75, 3.05) is 0 Å². The van der Waals surface area contributed by atoms with E-state index >= 15 is 0 Å². The van der Waals surface area contributed by atoms with Crippen LogP contribution in [-0.4, -0.2) is 8.07 Å². The molecular weight excluding hydrogens is 172 g/mol. The van der Waals surface area contributed by atoms with Crippen LogP contribution < -0.4 is 0 Å². The normalized spacial score (nSPS) is 12.6. The maximum atomic E-state index is 2.59. The van der Waals surface area contributed by atoms with Crippen molar-refractivity contribution >= 4 is 8.07 Å². The third-order valence-electron chi connectivity index (χ3n) is 2.76. The molecule has 0 radical (unpaired) electrons. The lowest BCUT2D eigenvalue weighted by atomic mass is 10.5. The zero-order valence-electron chi connectivity index (χ0n) is 9.90. The fourth-order valence-electron chi connectivity index (χ4n) is 2.47. The topological polar surface area (TPSA) is 0 Å². The largest absolute Gasteiger partial charge is 0.0984 e. The molecule has 1 heteroatoms. The highest BCUT2D eigenvalue weighted by molar-refractivity contribution is 6.84. The molecule has 0 unspecified atom stereocenters. The van der Waals surface area contributed by atoms with Gasteiger partial charge in [-0.15, -0.1) is 0 Å². The second-order valence-electron chi connectivity index (χ2n) is 4.11. The molecular formula is C12H26Si. The Morgan fingerprint density at radius 3 is 1.46 bits per heavy atom. The van der Waals surface area contributed by atoms with Crippen molar-refractivity contribution < 1.29 is 0 Å². The monoisotopic (exact) mass is 198 g/mol. The summed E-state index contributed by atoms with van der Waals surface area (Å²) in [7, 11) is -0.976. The molecule has 0 atom stereocenters. The minimum atomic E-state index is -0.976. The number of allylic oxidation sites excluding steroid dienone is 1. The molecule has 0 fully saturated rings. The molecule has 0 aromatic rings. The minimum absolute atomic E-state index is 0.976. The Hall–Kier alpha value is -0.0431. The standard InChI is InChI=1S/C12H26Si/c1-5-9-13(10-6-2,11-7-3)12-8-4/h5,9H,6-8,10-12H2,1-4H3/b9-5+. The van der Waals surface area contributed by atoms with Gasteiger partial charge in [0.1, 0.15) is 0 Å². The van der Waals surface area contributed by atoms with Gasteiger partial charge in [0.25, 0.3) is 0 Å². The van der Waals surface area contributed by atoms with E-state index in [9.17, 15) is 0 Å². The first-order chi connectivity index (χ1) is 6.24. The van der Waals surface area contributed by atoms with Crippen LogP contribution in [0.4, 0.5) is 0 Å². The smallest absolute Gasteiger partial charge is 0.0773 e. The summed E-state index contributed by atoms with van der Waals surface area (Å²) in [5.41, 5.74) is 2.59. The van der Waals surface area contributed by atoms with Gasteiger partial charge in [-0.1, -0.05) is 69.9 Å². The predicted octanol–water partition coefficient (Wildman–Crippen LogP) is 4.78. The van der Waals surface area contributed by atoms with Gasteiger partial charge in [-0.05, 0) is 6.92 Å². The lowest BCUT2D eigenvalue weighted by Gasteiger charge is -2.27. The van der Waals surface area contributed by atoms with Gasteiger partial charge in [0, 0.05) is 0 Å². The molecule has 0 saturated heterocycles. The molecule has 0 nitrogen and oxygen atoms in total. The quantitative estimate of drug-likeness (QED) is 0.516. The summed E-state index contributed by atoms with van der Waals surface area (Å²) in [5, 5.41) is 0. The number of hydrogen-bond donors (Lipinski definition) is 0. The Bertz CT molecular complexity index is 121. The zero-order chi connectivity index (χ0) is 10.2. The number of hydrogen-bond acceptors (Lipinski definition) is 0. The van der Waals surface area contributed by atoms with Gasteiger partial charge in [0.2, 0.25) is 0 Å². The molecule has 0 aliphatic carbocycles. The minimum Gasteiger partial charge on any atom is -0.0984 e. The van der Waals surface area contributed by atoms with Crippen molar-refractivity contribution in [3.05, 3.63) is 11.8 Å². The molecule has 13 heavy (non-hydrogen) atoms. The molecule has 0 aromatic heterocycles. The Labute approximate surface area is 85.4 Å². The van der Waals surface area contributed by atoms with Crippen LogP contribution in [0.15, 0.2) is 11.8 Å². The van der Waals surface area contributed by atoms with E-state index in [2.05, 4.69) is 39.5 Å². The van der Waals surface area contributed by atoms with E-state index in [1.54, 1.807) is 0 Å². The first-order valence-corrected chi connectivity index (χ1v) is 8.58. The molecule has 0 heterocycles. The third kappa shape index (κ3) is 4.66. The maximum absolute atomic E-state index is 2.59. The van der Waals surface area contributed by atoms with E-state index in [0.717, 1.165) is 0 Å². The van der Waals surface area contributed by atoms with E-state index in [1.165, 1.54) is 37.4 Å². The Morgan fingerprint density at radius 2 is 1.23 bits per heavy atom. The molecule has 0 rings (SSSR count). The van der Waals surface area contributed by atoms with Gasteiger partial charge in [0.05, 0.1) is 8.07 Å². The molecule has 0 N–H and O–H groups in total. The zero-order valence-corrected chi connectivity index (χ0v) is 10.9. The summed E-state index contributed by atoms with van der Waals surface area (Å²) < 4.78 is 0. The van der Waals surface area contributed by atoms with E-state index in [4.69, 9.17) is 0 Å². The van der Waals surface area contributed by atoms with Crippen LogP contribution >= 0.6 is 0 Å². The van der Waals surface area contributed by atoms with E-state index in [-0.39, 0.29) is 0 Å². The molecule has 0 spiro atoms. The molecule has 0 aliphatic heterocycles. The highest BCUT2D eigenvalue weighted by atomic mass is 28.3. The Kier molecular flexibility index (Phi) is 7.34. The van der Waals surface area contributed by atoms with Crippen molar-refractivity contribution in [1.82, 2.24) is 0 Å². The van der Waals surface area contributed by atoms with Crippen LogP contribution in [0.25, 0.3) is 0 Å². The van der Waals surface area contributed by atoms with Crippen LogP contribution in [-0.2, 0) is 0 Å². The van der Waals surface area contributed by atoms with Crippen molar-refractivity contribution in [3.8, 4) is 0 Å². The van der Waals surface area contributed by atoms with Crippen molar-refractivity contribution in [3.63, 3.8) is 0 Å².